The Balaban J connectivity index is 1.83. The summed E-state index contributed by atoms with van der Waals surface area (Å²) < 4.78 is 3.98. The monoisotopic (exact) mass is 266 g/mol. The molecule has 0 atom stereocenters. The van der Waals surface area contributed by atoms with E-state index in [1.807, 2.05) is 27.5 Å². The van der Waals surface area contributed by atoms with E-state index >= 15 is 0 Å². The molecule has 6 heteroatoms. The maximum Gasteiger partial charge on any atom is 0.201 e. The van der Waals surface area contributed by atoms with Crippen molar-refractivity contribution in [3.8, 4) is 6.07 Å². The highest BCUT2D eigenvalue weighted by molar-refractivity contribution is 5.79. The minimum atomic E-state index is 0.487. The molecule has 0 amide bonds. The Hall–Kier alpha value is -2.81. The molecule has 2 N–H and O–H groups in total. The molecule has 20 heavy (non-hydrogen) atoms. The first-order chi connectivity index (χ1) is 9.78. The summed E-state index contributed by atoms with van der Waals surface area (Å²) in [6.45, 7) is 1.63. The zero-order valence-corrected chi connectivity index (χ0v) is 10.9. The van der Waals surface area contributed by atoms with Crippen molar-refractivity contribution in [3.05, 3.63) is 42.5 Å². The largest absolute Gasteiger partial charge is 0.369 e. The van der Waals surface area contributed by atoms with E-state index in [4.69, 9.17) is 11.0 Å². The van der Waals surface area contributed by atoms with Gasteiger partial charge < -0.3 is 14.9 Å². The topological polar surface area (TPSA) is 85.5 Å². The molecule has 0 aliphatic rings. The molecule has 3 rings (SSSR count). The van der Waals surface area contributed by atoms with E-state index in [0.717, 1.165) is 30.5 Å². The molecule has 2 heterocycles. The van der Waals surface area contributed by atoms with Gasteiger partial charge in [0.25, 0.3) is 0 Å². The Kier molecular flexibility index (Phi) is 3.09. The molecule has 0 radical (unpaired) electrons. The number of aromatic nitrogens is 4. The molecular weight excluding hydrogens is 252 g/mol. The van der Waals surface area contributed by atoms with Crippen molar-refractivity contribution in [1.29, 1.82) is 5.26 Å². The van der Waals surface area contributed by atoms with E-state index in [2.05, 4.69) is 16.0 Å². The Morgan fingerprint density at radius 1 is 1.30 bits per heavy atom. The minimum Gasteiger partial charge on any atom is -0.369 e. The van der Waals surface area contributed by atoms with Crippen LogP contribution in [0.15, 0.2) is 36.9 Å². The number of imidazole rings is 2. The summed E-state index contributed by atoms with van der Waals surface area (Å²) in [5, 5.41) is 8.97. The van der Waals surface area contributed by atoms with Crippen molar-refractivity contribution in [2.45, 2.75) is 19.5 Å². The van der Waals surface area contributed by atoms with E-state index in [1.54, 1.807) is 18.6 Å². The number of hydrogen-bond acceptors (Lipinski definition) is 4. The third-order valence-electron chi connectivity index (χ3n) is 3.26. The molecule has 0 aliphatic carbocycles. The lowest BCUT2D eigenvalue weighted by molar-refractivity contribution is 0.575. The van der Waals surface area contributed by atoms with Crippen LogP contribution in [0.25, 0.3) is 11.0 Å². The van der Waals surface area contributed by atoms with Crippen molar-refractivity contribution in [2.24, 2.45) is 0 Å². The number of fused-ring (bicyclic) bond motifs is 1. The molecule has 3 aromatic rings. The standard InChI is InChI=1S/C14H14N6/c15-9-11-2-3-12-13(8-11)20(14(16)18-12)6-1-5-19-7-4-17-10-19/h2-4,7-8,10H,1,5-6H2,(H2,16,18). The van der Waals surface area contributed by atoms with Crippen LogP contribution in [0.3, 0.4) is 0 Å². The summed E-state index contributed by atoms with van der Waals surface area (Å²) in [5.41, 5.74) is 8.31. The summed E-state index contributed by atoms with van der Waals surface area (Å²) in [7, 11) is 0. The van der Waals surface area contributed by atoms with E-state index in [9.17, 15) is 0 Å². The van der Waals surface area contributed by atoms with E-state index in [-0.39, 0.29) is 0 Å². The summed E-state index contributed by atoms with van der Waals surface area (Å²) >= 11 is 0. The second-order valence-electron chi connectivity index (χ2n) is 4.59. The number of rotatable bonds is 4. The maximum absolute atomic E-state index is 8.97. The van der Waals surface area contributed by atoms with Crippen molar-refractivity contribution in [1.82, 2.24) is 19.1 Å². The van der Waals surface area contributed by atoms with Crippen LogP contribution < -0.4 is 5.73 Å². The second kappa shape index (κ2) is 5.05. The first kappa shape index (κ1) is 12.2. The van der Waals surface area contributed by atoms with Crippen LogP contribution in [-0.4, -0.2) is 19.1 Å². The second-order valence-corrected chi connectivity index (χ2v) is 4.59. The highest BCUT2D eigenvalue weighted by Gasteiger charge is 2.08. The van der Waals surface area contributed by atoms with Gasteiger partial charge in [-0.3, -0.25) is 0 Å². The summed E-state index contributed by atoms with van der Waals surface area (Å²) in [4.78, 5) is 8.33. The fraction of sp³-hybridized carbons (Fsp3) is 0.214. The molecule has 100 valence electrons. The van der Waals surface area contributed by atoms with Gasteiger partial charge in [0, 0.05) is 25.5 Å². The van der Waals surface area contributed by atoms with Crippen molar-refractivity contribution < 1.29 is 0 Å². The molecule has 0 saturated heterocycles. The zero-order valence-electron chi connectivity index (χ0n) is 10.9. The molecular formula is C14H14N6. The van der Waals surface area contributed by atoms with Gasteiger partial charge >= 0.3 is 0 Å². The van der Waals surface area contributed by atoms with Gasteiger partial charge in [-0.15, -0.1) is 0 Å². The van der Waals surface area contributed by atoms with Crippen LogP contribution in [-0.2, 0) is 13.1 Å². The van der Waals surface area contributed by atoms with Gasteiger partial charge in [0.15, 0.2) is 0 Å². The molecule has 0 aliphatic heterocycles. The number of aryl methyl sites for hydroxylation is 2. The Morgan fingerprint density at radius 3 is 2.95 bits per heavy atom. The SMILES string of the molecule is N#Cc1ccc2nc(N)n(CCCn3ccnc3)c2c1. The smallest absolute Gasteiger partial charge is 0.201 e. The van der Waals surface area contributed by atoms with Gasteiger partial charge in [0.05, 0.1) is 29.0 Å². The van der Waals surface area contributed by atoms with Gasteiger partial charge in [-0.25, -0.2) is 9.97 Å². The number of nitrogens with zero attached hydrogens (tertiary/aromatic N) is 5. The lowest BCUT2D eigenvalue weighted by atomic mass is 10.2. The summed E-state index contributed by atoms with van der Waals surface area (Å²) in [6.07, 6.45) is 6.41. The number of anilines is 1. The molecule has 0 unspecified atom stereocenters. The normalized spacial score (nSPS) is 10.8. The summed E-state index contributed by atoms with van der Waals surface area (Å²) in [5.74, 6) is 0.487. The van der Waals surface area contributed by atoms with Crippen molar-refractivity contribution in [2.75, 3.05) is 5.73 Å². The molecule has 0 bridgehead atoms. The van der Waals surface area contributed by atoms with Crippen LogP contribution in [0.1, 0.15) is 12.0 Å². The molecule has 0 saturated carbocycles. The molecule has 2 aromatic heterocycles. The first-order valence-electron chi connectivity index (χ1n) is 6.39. The molecule has 6 nitrogen and oxygen atoms in total. The van der Waals surface area contributed by atoms with Gasteiger partial charge in [-0.05, 0) is 24.6 Å². The van der Waals surface area contributed by atoms with Crippen molar-refractivity contribution in [3.63, 3.8) is 0 Å². The fourth-order valence-corrected chi connectivity index (χ4v) is 2.28. The zero-order chi connectivity index (χ0) is 13.9. The first-order valence-corrected chi connectivity index (χ1v) is 6.39. The van der Waals surface area contributed by atoms with Gasteiger partial charge in [0.2, 0.25) is 5.95 Å². The summed E-state index contributed by atoms with van der Waals surface area (Å²) in [6, 6.07) is 7.55. The fourth-order valence-electron chi connectivity index (χ4n) is 2.28. The highest BCUT2D eigenvalue weighted by atomic mass is 15.2. The highest BCUT2D eigenvalue weighted by Crippen LogP contribution is 2.19. The maximum atomic E-state index is 8.97. The number of nitrogen functional groups attached to an aromatic ring is 1. The predicted molar refractivity (Wildman–Crippen MR) is 75.7 cm³/mol. The predicted octanol–water partition coefficient (Wildman–Crippen LogP) is 1.78. The van der Waals surface area contributed by atoms with E-state index < -0.39 is 0 Å². The van der Waals surface area contributed by atoms with Crippen LogP contribution in [0, 0.1) is 11.3 Å². The number of benzene rings is 1. The molecule has 1 aromatic carbocycles. The lowest BCUT2D eigenvalue weighted by Gasteiger charge is -2.07. The van der Waals surface area contributed by atoms with Crippen LogP contribution in [0.4, 0.5) is 5.95 Å². The molecule has 0 spiro atoms. The quantitative estimate of drug-likeness (QED) is 0.779. The van der Waals surface area contributed by atoms with Gasteiger partial charge in [-0.1, -0.05) is 0 Å². The van der Waals surface area contributed by atoms with Crippen LogP contribution in [0.2, 0.25) is 0 Å². The van der Waals surface area contributed by atoms with Crippen molar-refractivity contribution >= 4 is 17.0 Å². The third-order valence-corrected chi connectivity index (χ3v) is 3.26. The van der Waals surface area contributed by atoms with E-state index in [0.29, 0.717) is 11.5 Å². The number of nitriles is 1. The third kappa shape index (κ3) is 2.21. The Labute approximate surface area is 116 Å². The molecule has 0 fully saturated rings. The number of hydrogen-bond donors (Lipinski definition) is 1. The average molecular weight is 266 g/mol. The van der Waals surface area contributed by atoms with Crippen LogP contribution in [0.5, 0.6) is 0 Å². The van der Waals surface area contributed by atoms with Crippen LogP contribution >= 0.6 is 0 Å². The Bertz CT molecular complexity index is 763. The number of nitrogens with two attached hydrogens (primary N) is 1. The average Bonchev–Trinajstić information content (AvgIpc) is 3.07. The van der Waals surface area contributed by atoms with Gasteiger partial charge in [0.1, 0.15) is 0 Å². The Morgan fingerprint density at radius 2 is 2.20 bits per heavy atom. The van der Waals surface area contributed by atoms with E-state index in [1.165, 1.54) is 0 Å². The minimum absolute atomic E-state index is 0.487. The van der Waals surface area contributed by atoms with Gasteiger partial charge in [-0.2, -0.15) is 5.26 Å². The lowest BCUT2D eigenvalue weighted by Crippen LogP contribution is -2.06.